The number of nitrogens with zero attached hydrogens (tertiary/aromatic N) is 3. The van der Waals surface area contributed by atoms with Crippen molar-refractivity contribution in [1.29, 1.82) is 0 Å². The van der Waals surface area contributed by atoms with Gasteiger partial charge in [-0.1, -0.05) is 48.0 Å². The zero-order valence-electron chi connectivity index (χ0n) is 26.6. The summed E-state index contributed by atoms with van der Waals surface area (Å²) < 4.78 is 14.1. The smallest absolute Gasteiger partial charge is 0.234 e. The van der Waals surface area contributed by atoms with E-state index in [1.807, 2.05) is 37.3 Å². The van der Waals surface area contributed by atoms with Gasteiger partial charge in [-0.3, -0.25) is 24.4 Å². The van der Waals surface area contributed by atoms with E-state index in [4.69, 9.17) is 0 Å². The quantitative estimate of drug-likeness (QED) is 0.206. The summed E-state index contributed by atoms with van der Waals surface area (Å²) in [5.41, 5.74) is 4.68. The molecule has 0 spiro atoms. The van der Waals surface area contributed by atoms with E-state index in [-0.39, 0.29) is 30.9 Å². The molecule has 0 bridgehead atoms. The number of pyridine rings is 1. The summed E-state index contributed by atoms with van der Waals surface area (Å²) in [5, 5.41) is 31.9. The molecular weight excluding hydrogens is 597 g/mol. The number of aromatic nitrogens is 1. The Labute approximate surface area is 274 Å². The maximum atomic E-state index is 14.1. The average molecular weight is 640 g/mol. The van der Waals surface area contributed by atoms with Crippen molar-refractivity contribution < 1.29 is 29.3 Å². The Morgan fingerprint density at radius 3 is 2.47 bits per heavy atom. The Kier molecular flexibility index (Phi) is 9.96. The van der Waals surface area contributed by atoms with Gasteiger partial charge >= 0.3 is 0 Å². The predicted molar refractivity (Wildman–Crippen MR) is 177 cm³/mol. The highest BCUT2D eigenvalue weighted by molar-refractivity contribution is 6.06. The zero-order valence-corrected chi connectivity index (χ0v) is 26.6. The third kappa shape index (κ3) is 6.93. The maximum absolute atomic E-state index is 14.1. The Hall–Kier alpha value is -4.18. The molecule has 6 rings (SSSR count). The molecular formula is C38H42FN3O5. The number of hydrogen-bond donors (Lipinski definition) is 3. The molecule has 2 amide bonds. The molecule has 8 nitrogen and oxygen atoms in total. The first-order valence-electron chi connectivity index (χ1n) is 16.5. The summed E-state index contributed by atoms with van der Waals surface area (Å²) >= 11 is 0. The number of imide groups is 1. The number of likely N-dealkylation sites (tertiary alicyclic amines) is 2. The van der Waals surface area contributed by atoms with Gasteiger partial charge in [0.05, 0.1) is 30.2 Å². The molecule has 2 saturated heterocycles. The van der Waals surface area contributed by atoms with Crippen LogP contribution in [0.5, 0.6) is 5.75 Å². The van der Waals surface area contributed by atoms with Crippen molar-refractivity contribution in [2.24, 2.45) is 17.8 Å². The number of amides is 2. The van der Waals surface area contributed by atoms with Crippen LogP contribution in [0.15, 0.2) is 84.1 Å². The normalized spacial score (nSPS) is 23.4. The lowest BCUT2D eigenvalue weighted by molar-refractivity contribution is -0.144. The van der Waals surface area contributed by atoms with E-state index in [1.165, 1.54) is 22.6 Å². The standard InChI is InChI=1S/C38H42FN3O5/c1-24-19-29-36(38(47)42(37(29)46)28-14-17-41(18-15-28)22-25-7-3-2-4-8-25)30(23-43)35(24)34(45)13-11-27(32-9-5-6-16-40-32)20-26-10-12-33(44)31(39)21-26/h2-10,12,16,20-21,28-30,34,36,43-45H,11,13-15,17-19,22-23H2,1H3/b27-20-/t29-,30+,34-,36-/m1/s1. The third-order valence-electron chi connectivity index (χ3n) is 10.1. The van der Waals surface area contributed by atoms with Crippen molar-refractivity contribution in [3.63, 3.8) is 0 Å². The number of piperidine rings is 1. The summed E-state index contributed by atoms with van der Waals surface area (Å²) in [6.45, 7) is 3.96. The number of hydrogen-bond acceptors (Lipinski definition) is 7. The van der Waals surface area contributed by atoms with Crippen molar-refractivity contribution in [2.75, 3.05) is 19.7 Å². The van der Waals surface area contributed by atoms with Crippen LogP contribution in [0.4, 0.5) is 4.39 Å². The van der Waals surface area contributed by atoms with Crippen LogP contribution in [0, 0.1) is 23.6 Å². The van der Waals surface area contributed by atoms with Gasteiger partial charge in [0, 0.05) is 37.8 Å². The molecule has 3 heterocycles. The zero-order chi connectivity index (χ0) is 33.1. The number of carbonyl (C=O) groups excluding carboxylic acids is 2. The van der Waals surface area contributed by atoms with Crippen LogP contribution in [0.2, 0.25) is 0 Å². The van der Waals surface area contributed by atoms with E-state index < -0.39 is 35.4 Å². The number of aliphatic hydroxyl groups excluding tert-OH is 2. The fraction of sp³-hybridized carbons (Fsp3) is 0.395. The molecule has 9 heteroatoms. The molecule has 0 radical (unpaired) electrons. The fourth-order valence-corrected chi connectivity index (χ4v) is 7.77. The average Bonchev–Trinajstić information content (AvgIpc) is 3.33. The monoisotopic (exact) mass is 639 g/mol. The van der Waals surface area contributed by atoms with Crippen molar-refractivity contribution >= 4 is 23.5 Å². The number of phenolic OH excluding ortho intramolecular Hbond substituents is 1. The van der Waals surface area contributed by atoms with Crippen LogP contribution >= 0.6 is 0 Å². The Balaban J connectivity index is 1.16. The van der Waals surface area contributed by atoms with Crippen LogP contribution in [-0.2, 0) is 16.1 Å². The lowest BCUT2D eigenvalue weighted by Gasteiger charge is -2.36. The Bertz CT molecular complexity index is 1650. The minimum atomic E-state index is -0.963. The second-order valence-corrected chi connectivity index (χ2v) is 13.1. The van der Waals surface area contributed by atoms with Gasteiger partial charge in [-0.25, -0.2) is 4.39 Å². The molecule has 1 aliphatic carbocycles. The summed E-state index contributed by atoms with van der Waals surface area (Å²) in [4.78, 5) is 36.0. The van der Waals surface area contributed by atoms with Crippen molar-refractivity contribution in [3.05, 3.63) is 107 Å². The molecule has 2 fully saturated rings. The molecule has 47 heavy (non-hydrogen) atoms. The van der Waals surface area contributed by atoms with Crippen LogP contribution in [0.3, 0.4) is 0 Å². The lowest BCUT2D eigenvalue weighted by Crippen LogP contribution is -2.47. The molecule has 2 aliphatic heterocycles. The molecule has 0 saturated carbocycles. The SMILES string of the molecule is CC1=C([C@H](O)CC/C(=C/c2ccc(O)c(F)c2)c2ccccn2)[C@H](CO)[C@@H]2C(=O)N(C3CCN(Cc4ccccc4)CC3)C(=O)[C@@H]2C1. The van der Waals surface area contributed by atoms with Crippen molar-refractivity contribution in [2.45, 2.75) is 57.7 Å². The number of carbonyl (C=O) groups is 2. The minimum Gasteiger partial charge on any atom is -0.505 e. The van der Waals surface area contributed by atoms with Gasteiger partial charge in [-0.2, -0.15) is 0 Å². The Morgan fingerprint density at radius 2 is 1.79 bits per heavy atom. The number of fused-ring (bicyclic) bond motifs is 1. The van der Waals surface area contributed by atoms with Gasteiger partial charge in [0.1, 0.15) is 0 Å². The van der Waals surface area contributed by atoms with E-state index >= 15 is 0 Å². The molecule has 1 aromatic heterocycles. The van der Waals surface area contributed by atoms with Gasteiger partial charge in [0.25, 0.3) is 0 Å². The summed E-state index contributed by atoms with van der Waals surface area (Å²) in [7, 11) is 0. The fourth-order valence-electron chi connectivity index (χ4n) is 7.77. The first kappa shape index (κ1) is 32.7. The number of rotatable bonds is 10. The lowest BCUT2D eigenvalue weighted by atomic mass is 9.68. The van der Waals surface area contributed by atoms with Gasteiger partial charge in [0.2, 0.25) is 11.8 Å². The van der Waals surface area contributed by atoms with E-state index in [0.717, 1.165) is 30.8 Å². The topological polar surface area (TPSA) is 114 Å². The number of halogens is 1. The highest BCUT2D eigenvalue weighted by atomic mass is 19.1. The largest absolute Gasteiger partial charge is 0.505 e. The number of aromatic hydroxyl groups is 1. The summed E-state index contributed by atoms with van der Waals surface area (Å²) in [6.07, 6.45) is 4.92. The third-order valence-corrected chi connectivity index (χ3v) is 10.1. The van der Waals surface area contributed by atoms with E-state index in [9.17, 15) is 29.3 Å². The van der Waals surface area contributed by atoms with E-state index in [1.54, 1.807) is 24.4 Å². The Morgan fingerprint density at radius 1 is 1.04 bits per heavy atom. The second kappa shape index (κ2) is 14.3. The summed E-state index contributed by atoms with van der Waals surface area (Å²) in [5.74, 6) is -3.45. The highest BCUT2D eigenvalue weighted by Crippen LogP contribution is 2.47. The van der Waals surface area contributed by atoms with Crippen LogP contribution < -0.4 is 0 Å². The van der Waals surface area contributed by atoms with Gasteiger partial charge < -0.3 is 15.3 Å². The van der Waals surface area contributed by atoms with E-state index in [2.05, 4.69) is 22.0 Å². The molecule has 3 aliphatic rings. The number of aliphatic hydroxyl groups is 2. The minimum absolute atomic E-state index is 0.158. The van der Waals surface area contributed by atoms with Crippen LogP contribution in [-0.4, -0.2) is 73.8 Å². The van der Waals surface area contributed by atoms with Gasteiger partial charge in [0.15, 0.2) is 11.6 Å². The first-order chi connectivity index (χ1) is 22.7. The molecule has 2 aromatic carbocycles. The molecule has 3 N–H and O–H groups in total. The molecule has 0 unspecified atom stereocenters. The van der Waals surface area contributed by atoms with Gasteiger partial charge in [-0.05, 0) is 91.6 Å². The van der Waals surface area contributed by atoms with Crippen LogP contribution in [0.25, 0.3) is 11.6 Å². The highest BCUT2D eigenvalue weighted by Gasteiger charge is 2.56. The molecule has 3 aromatic rings. The summed E-state index contributed by atoms with van der Waals surface area (Å²) in [6, 6.07) is 19.7. The van der Waals surface area contributed by atoms with Crippen molar-refractivity contribution in [3.8, 4) is 5.75 Å². The van der Waals surface area contributed by atoms with Gasteiger partial charge in [-0.15, -0.1) is 0 Å². The number of phenols is 1. The number of benzene rings is 2. The second-order valence-electron chi connectivity index (χ2n) is 13.1. The molecule has 246 valence electrons. The van der Waals surface area contributed by atoms with Crippen LogP contribution in [0.1, 0.15) is 55.8 Å². The molecule has 4 atom stereocenters. The van der Waals surface area contributed by atoms with E-state index in [0.29, 0.717) is 42.5 Å². The predicted octanol–water partition coefficient (Wildman–Crippen LogP) is 5.20. The van der Waals surface area contributed by atoms with Crippen molar-refractivity contribution in [1.82, 2.24) is 14.8 Å². The first-order valence-corrected chi connectivity index (χ1v) is 16.5. The maximum Gasteiger partial charge on any atom is 0.234 e. The number of allylic oxidation sites excluding steroid dienone is 2.